The molecule has 0 spiro atoms. The summed E-state index contributed by atoms with van der Waals surface area (Å²) >= 11 is 0. The van der Waals surface area contributed by atoms with Crippen molar-refractivity contribution in [2.45, 2.75) is 44.6 Å². The molecule has 0 bridgehead atoms. The number of fused-ring (bicyclic) bond motifs is 1. The molecule has 1 aliphatic heterocycles. The number of esters is 1. The van der Waals surface area contributed by atoms with Crippen molar-refractivity contribution in [2.24, 2.45) is 0 Å². The van der Waals surface area contributed by atoms with E-state index in [0.29, 0.717) is 11.1 Å². The number of hydrogen-bond acceptors (Lipinski definition) is 6. The minimum Gasteiger partial charge on any atom is -0.481 e. The minimum absolute atomic E-state index is 0.00437. The normalized spacial score (nSPS) is 16.0. The molecule has 12 heteroatoms. The second-order valence-corrected chi connectivity index (χ2v) is 9.28. The first-order valence-electron chi connectivity index (χ1n) is 11.5. The Bertz CT molecular complexity index is 1480. The van der Waals surface area contributed by atoms with E-state index in [2.05, 4.69) is 4.98 Å². The van der Waals surface area contributed by atoms with E-state index >= 15 is 0 Å². The van der Waals surface area contributed by atoms with Crippen LogP contribution >= 0.6 is 0 Å². The highest BCUT2D eigenvalue weighted by Gasteiger charge is 2.44. The van der Waals surface area contributed by atoms with Crippen LogP contribution < -0.4 is 10.5 Å². The van der Waals surface area contributed by atoms with Gasteiger partial charge in [0.15, 0.2) is 6.10 Å². The number of carbonyl (C=O) groups excluding carboxylic acids is 2. The molecule has 0 aliphatic carbocycles. The van der Waals surface area contributed by atoms with Crippen LogP contribution in [0.2, 0.25) is 0 Å². The van der Waals surface area contributed by atoms with Gasteiger partial charge in [-0.3, -0.25) is 19.3 Å². The maximum atomic E-state index is 13.5. The van der Waals surface area contributed by atoms with E-state index in [1.165, 1.54) is 61.2 Å². The number of nitrogens with one attached hydrogen (secondary N) is 1. The summed E-state index contributed by atoms with van der Waals surface area (Å²) in [7, 11) is 0. The molecule has 0 radical (unpaired) electrons. The summed E-state index contributed by atoms with van der Waals surface area (Å²) in [4.78, 5) is 51.9. The number of aromatic nitrogens is 1. The molecule has 200 valence electrons. The SMILES string of the molecule is CC(C)(OC(=O)CCC(=O)O)[C@@H]1CN(c2ccc3cc(-c4ccccc4C(F)(F)F)[nH]c(=O)c3c2)C(=O)O1. The fourth-order valence-electron chi connectivity index (χ4n) is 4.18. The van der Waals surface area contributed by atoms with Crippen molar-refractivity contribution in [1.29, 1.82) is 0 Å². The number of carbonyl (C=O) groups is 3. The number of benzene rings is 2. The average molecular weight is 532 g/mol. The van der Waals surface area contributed by atoms with Gasteiger partial charge in [0.2, 0.25) is 0 Å². The lowest BCUT2D eigenvalue weighted by Gasteiger charge is -2.29. The van der Waals surface area contributed by atoms with Crippen molar-refractivity contribution in [1.82, 2.24) is 4.98 Å². The van der Waals surface area contributed by atoms with Crippen LogP contribution in [-0.4, -0.2) is 46.4 Å². The molecule has 9 nitrogen and oxygen atoms in total. The number of halogens is 3. The predicted molar refractivity (Wildman–Crippen MR) is 130 cm³/mol. The molecule has 2 N–H and O–H groups in total. The van der Waals surface area contributed by atoms with E-state index in [4.69, 9.17) is 14.6 Å². The zero-order valence-corrected chi connectivity index (χ0v) is 20.3. The van der Waals surface area contributed by atoms with Crippen LogP contribution in [0.15, 0.2) is 53.3 Å². The third kappa shape index (κ3) is 5.48. The first-order chi connectivity index (χ1) is 17.8. The third-order valence-electron chi connectivity index (χ3n) is 6.17. The lowest BCUT2D eigenvalue weighted by atomic mass is 10.0. The summed E-state index contributed by atoms with van der Waals surface area (Å²) in [6, 6.07) is 10.8. The summed E-state index contributed by atoms with van der Waals surface area (Å²) in [6.07, 6.45) is -7.00. The van der Waals surface area contributed by atoms with Gasteiger partial charge < -0.3 is 19.6 Å². The number of H-pyrrole nitrogens is 1. The quantitative estimate of drug-likeness (QED) is 0.422. The maximum Gasteiger partial charge on any atom is 0.417 e. The average Bonchev–Trinajstić information content (AvgIpc) is 3.24. The number of alkyl halides is 3. The number of carboxylic acid groups (broad SMARTS) is 1. The third-order valence-corrected chi connectivity index (χ3v) is 6.17. The van der Waals surface area contributed by atoms with E-state index in [9.17, 15) is 32.3 Å². The first kappa shape index (κ1) is 26.7. The number of amides is 1. The molecule has 1 aromatic heterocycles. The highest BCUT2D eigenvalue weighted by atomic mass is 19.4. The summed E-state index contributed by atoms with van der Waals surface area (Å²) in [5.74, 6) is -1.91. The monoisotopic (exact) mass is 532 g/mol. The van der Waals surface area contributed by atoms with Crippen LogP contribution in [0.25, 0.3) is 22.0 Å². The Kier molecular flexibility index (Phi) is 6.92. The van der Waals surface area contributed by atoms with E-state index < -0.39 is 53.5 Å². The topological polar surface area (TPSA) is 126 Å². The number of pyridine rings is 1. The van der Waals surface area contributed by atoms with Gasteiger partial charge in [-0.1, -0.05) is 24.3 Å². The van der Waals surface area contributed by atoms with Crippen LogP contribution in [0.5, 0.6) is 0 Å². The summed E-state index contributed by atoms with van der Waals surface area (Å²) in [6.45, 7) is 3.02. The lowest BCUT2D eigenvalue weighted by molar-refractivity contribution is -0.166. The van der Waals surface area contributed by atoms with Gasteiger partial charge in [0, 0.05) is 22.3 Å². The number of anilines is 1. The first-order valence-corrected chi connectivity index (χ1v) is 11.5. The van der Waals surface area contributed by atoms with Gasteiger partial charge in [-0.15, -0.1) is 0 Å². The Hall–Kier alpha value is -4.35. The van der Waals surface area contributed by atoms with Crippen LogP contribution in [0.4, 0.5) is 23.7 Å². The van der Waals surface area contributed by atoms with Crippen LogP contribution in [0, 0.1) is 0 Å². The Labute approximate surface area is 213 Å². The van der Waals surface area contributed by atoms with Gasteiger partial charge in [-0.25, -0.2) is 4.79 Å². The molecule has 1 atom stereocenters. The van der Waals surface area contributed by atoms with Crippen LogP contribution in [-0.2, 0) is 25.2 Å². The van der Waals surface area contributed by atoms with Crippen molar-refractivity contribution >= 4 is 34.5 Å². The number of rotatable bonds is 7. The van der Waals surface area contributed by atoms with Crippen molar-refractivity contribution < 1.29 is 42.1 Å². The Morgan fingerprint density at radius 2 is 1.82 bits per heavy atom. The maximum absolute atomic E-state index is 13.5. The molecule has 1 amide bonds. The molecule has 0 unspecified atom stereocenters. The zero-order valence-electron chi connectivity index (χ0n) is 20.3. The number of carboxylic acids is 1. The summed E-state index contributed by atoms with van der Waals surface area (Å²) < 4.78 is 51.1. The van der Waals surface area contributed by atoms with E-state index in [-0.39, 0.29) is 29.6 Å². The molecular formula is C26H23F3N2O7. The largest absolute Gasteiger partial charge is 0.481 e. The number of aliphatic carboxylic acids is 1. The standard InChI is InChI=1S/C26H23F3N2O7/c1-25(2,38-22(34)10-9-21(32)33)20-13-31(24(36)37-20)15-8-7-14-11-19(30-23(35)17(14)12-15)16-5-3-4-6-18(16)26(27,28)29/h3-8,11-12,20H,9-10,13H2,1-2H3,(H,30,35)(H,32,33)/t20-/m0/s1. The Morgan fingerprint density at radius 1 is 1.11 bits per heavy atom. The second kappa shape index (κ2) is 9.84. The molecular weight excluding hydrogens is 509 g/mol. The number of nitrogens with zero attached hydrogens (tertiary/aromatic N) is 1. The van der Waals surface area contributed by atoms with Gasteiger partial charge in [-0.05, 0) is 43.5 Å². The predicted octanol–water partition coefficient (Wildman–Crippen LogP) is 4.73. The van der Waals surface area contributed by atoms with E-state index in [1.807, 2.05) is 0 Å². The molecule has 4 rings (SSSR count). The van der Waals surface area contributed by atoms with Gasteiger partial charge in [0.1, 0.15) is 5.60 Å². The van der Waals surface area contributed by atoms with Crippen molar-refractivity contribution in [2.75, 3.05) is 11.4 Å². The zero-order chi connectivity index (χ0) is 27.8. The summed E-state index contributed by atoms with van der Waals surface area (Å²) in [5.41, 5.74) is -2.68. The van der Waals surface area contributed by atoms with Crippen LogP contribution in [0.1, 0.15) is 32.3 Å². The summed E-state index contributed by atoms with van der Waals surface area (Å²) in [5, 5.41) is 9.23. The molecule has 1 fully saturated rings. The van der Waals surface area contributed by atoms with Gasteiger partial charge in [0.05, 0.1) is 24.9 Å². The molecule has 3 aromatic rings. The molecule has 38 heavy (non-hydrogen) atoms. The fourth-order valence-corrected chi connectivity index (χ4v) is 4.18. The Morgan fingerprint density at radius 3 is 2.50 bits per heavy atom. The molecule has 1 saturated heterocycles. The van der Waals surface area contributed by atoms with E-state index in [1.54, 1.807) is 0 Å². The number of hydrogen-bond donors (Lipinski definition) is 2. The highest BCUT2D eigenvalue weighted by Crippen LogP contribution is 2.37. The number of cyclic esters (lactones) is 1. The second-order valence-electron chi connectivity index (χ2n) is 9.28. The van der Waals surface area contributed by atoms with Crippen molar-refractivity contribution in [3.8, 4) is 11.3 Å². The van der Waals surface area contributed by atoms with Crippen molar-refractivity contribution in [3.05, 3.63) is 64.4 Å². The van der Waals surface area contributed by atoms with Gasteiger partial charge in [-0.2, -0.15) is 13.2 Å². The van der Waals surface area contributed by atoms with E-state index in [0.717, 1.165) is 6.07 Å². The molecule has 0 saturated carbocycles. The fraction of sp³-hybridized carbons (Fsp3) is 0.308. The highest BCUT2D eigenvalue weighted by molar-refractivity contribution is 5.95. The number of aromatic amines is 1. The lowest BCUT2D eigenvalue weighted by Crippen LogP contribution is -2.43. The molecule has 1 aliphatic rings. The Balaban J connectivity index is 1.59. The molecule has 2 aromatic carbocycles. The van der Waals surface area contributed by atoms with Crippen LogP contribution in [0.3, 0.4) is 0 Å². The minimum atomic E-state index is -4.61. The molecule has 2 heterocycles. The van der Waals surface area contributed by atoms with Gasteiger partial charge >= 0.3 is 24.2 Å². The smallest absolute Gasteiger partial charge is 0.417 e. The van der Waals surface area contributed by atoms with Gasteiger partial charge in [0.25, 0.3) is 5.56 Å². The van der Waals surface area contributed by atoms with Crippen molar-refractivity contribution in [3.63, 3.8) is 0 Å². The number of ether oxygens (including phenoxy) is 2.